The lowest BCUT2D eigenvalue weighted by molar-refractivity contribution is 0.108. The zero-order valence-electron chi connectivity index (χ0n) is 15.1. The van der Waals surface area contributed by atoms with E-state index < -0.39 is 5.24 Å². The summed E-state index contributed by atoms with van der Waals surface area (Å²) in [5.41, 5.74) is 0.332. The van der Waals surface area contributed by atoms with Crippen molar-refractivity contribution in [3.63, 3.8) is 0 Å². The third kappa shape index (κ3) is 6.21. The van der Waals surface area contributed by atoms with E-state index in [1.54, 1.807) is 12.1 Å². The van der Waals surface area contributed by atoms with Crippen LogP contribution in [0.15, 0.2) is 12.1 Å². The van der Waals surface area contributed by atoms with Crippen molar-refractivity contribution in [3.8, 4) is 17.2 Å². The first-order chi connectivity index (χ1) is 11.6. The predicted molar refractivity (Wildman–Crippen MR) is 96.9 cm³/mol. The molecule has 0 aliphatic rings. The number of nitrogens with zero attached hydrogens (tertiary/aromatic N) is 1. The molecule has 0 heterocycles. The van der Waals surface area contributed by atoms with Crippen LogP contribution in [0.5, 0.6) is 17.2 Å². The lowest BCUT2D eigenvalue weighted by atomic mass is 10.2. The second kappa shape index (κ2) is 11.2. The third-order valence-electron chi connectivity index (χ3n) is 3.61. The van der Waals surface area contributed by atoms with Gasteiger partial charge in [-0.2, -0.15) is 0 Å². The highest BCUT2D eigenvalue weighted by atomic mass is 35.5. The van der Waals surface area contributed by atoms with Crippen molar-refractivity contribution in [3.05, 3.63) is 17.7 Å². The zero-order valence-corrected chi connectivity index (χ0v) is 15.8. The molecule has 0 saturated carbocycles. The standard InChI is InChI=1S/C18H28ClNO4/c1-5-20(6-2)10-9-11-24-17-15(22-7-3)12-14(18(19)21)13-16(17)23-8-4/h12-13H,5-11H2,1-4H3. The summed E-state index contributed by atoms with van der Waals surface area (Å²) in [7, 11) is 0. The van der Waals surface area contributed by atoms with Crippen LogP contribution < -0.4 is 14.2 Å². The fourth-order valence-electron chi connectivity index (χ4n) is 2.36. The van der Waals surface area contributed by atoms with Gasteiger partial charge in [0.2, 0.25) is 5.75 Å². The Kier molecular flexibility index (Phi) is 9.57. The molecule has 0 aliphatic heterocycles. The van der Waals surface area contributed by atoms with Gasteiger partial charge in [0.25, 0.3) is 5.24 Å². The molecule has 1 aromatic carbocycles. The number of ether oxygens (including phenoxy) is 3. The first kappa shape index (κ1) is 20.6. The number of rotatable bonds is 12. The Bertz CT molecular complexity index is 491. The van der Waals surface area contributed by atoms with Crippen LogP contribution in [0.1, 0.15) is 44.5 Å². The van der Waals surface area contributed by atoms with Crippen molar-refractivity contribution in [1.82, 2.24) is 4.90 Å². The van der Waals surface area contributed by atoms with Crippen LogP contribution in [0.25, 0.3) is 0 Å². The van der Waals surface area contributed by atoms with Gasteiger partial charge in [0, 0.05) is 12.1 Å². The van der Waals surface area contributed by atoms with Gasteiger partial charge >= 0.3 is 0 Å². The minimum atomic E-state index is -0.551. The van der Waals surface area contributed by atoms with Crippen molar-refractivity contribution in [1.29, 1.82) is 0 Å². The van der Waals surface area contributed by atoms with Crippen LogP contribution in [-0.4, -0.2) is 49.6 Å². The van der Waals surface area contributed by atoms with Crippen LogP contribution in [0.4, 0.5) is 0 Å². The Morgan fingerprint density at radius 2 is 1.54 bits per heavy atom. The lowest BCUT2D eigenvalue weighted by Gasteiger charge is -2.19. The molecule has 0 unspecified atom stereocenters. The molecule has 0 aliphatic carbocycles. The van der Waals surface area contributed by atoms with E-state index in [1.807, 2.05) is 13.8 Å². The molecule has 0 saturated heterocycles. The van der Waals surface area contributed by atoms with Crippen LogP contribution in [-0.2, 0) is 0 Å². The maximum absolute atomic E-state index is 11.5. The van der Waals surface area contributed by atoms with E-state index in [0.29, 0.717) is 42.6 Å². The molecule has 1 aromatic rings. The smallest absolute Gasteiger partial charge is 0.252 e. The van der Waals surface area contributed by atoms with Gasteiger partial charge in [0.05, 0.1) is 19.8 Å². The van der Waals surface area contributed by atoms with Crippen LogP contribution in [0, 0.1) is 0 Å². The first-order valence-corrected chi connectivity index (χ1v) is 8.93. The Morgan fingerprint density at radius 1 is 1.00 bits per heavy atom. The normalized spacial score (nSPS) is 10.8. The molecule has 5 nitrogen and oxygen atoms in total. The number of carbonyl (C=O) groups is 1. The molecule has 0 amide bonds. The maximum Gasteiger partial charge on any atom is 0.252 e. The second-order valence-electron chi connectivity index (χ2n) is 5.17. The third-order valence-corrected chi connectivity index (χ3v) is 3.83. The van der Waals surface area contributed by atoms with Crippen molar-refractivity contribution < 1.29 is 19.0 Å². The fraction of sp³-hybridized carbons (Fsp3) is 0.611. The summed E-state index contributed by atoms with van der Waals surface area (Å²) in [5, 5.41) is -0.551. The average molecular weight is 358 g/mol. The molecule has 6 heteroatoms. The Balaban J connectivity index is 2.90. The number of hydrogen-bond acceptors (Lipinski definition) is 5. The highest BCUT2D eigenvalue weighted by Crippen LogP contribution is 2.39. The quantitative estimate of drug-likeness (QED) is 0.418. The minimum absolute atomic E-state index is 0.332. The molecule has 1 rings (SSSR count). The lowest BCUT2D eigenvalue weighted by Crippen LogP contribution is -2.25. The number of carbonyl (C=O) groups excluding carboxylic acids is 1. The Labute approximate surface area is 149 Å². The van der Waals surface area contributed by atoms with E-state index >= 15 is 0 Å². The van der Waals surface area contributed by atoms with E-state index in [1.165, 1.54) is 0 Å². The van der Waals surface area contributed by atoms with E-state index in [0.717, 1.165) is 26.1 Å². The van der Waals surface area contributed by atoms with Gasteiger partial charge in [-0.05, 0) is 57.1 Å². The van der Waals surface area contributed by atoms with Crippen LogP contribution in [0.3, 0.4) is 0 Å². The summed E-state index contributed by atoms with van der Waals surface area (Å²) in [6.45, 7) is 12.5. The average Bonchev–Trinajstić information content (AvgIpc) is 2.57. The van der Waals surface area contributed by atoms with Crippen LogP contribution >= 0.6 is 11.6 Å². The van der Waals surface area contributed by atoms with Gasteiger partial charge in [-0.15, -0.1) is 0 Å². The van der Waals surface area contributed by atoms with Crippen LogP contribution in [0.2, 0.25) is 0 Å². The molecule has 24 heavy (non-hydrogen) atoms. The highest BCUT2D eigenvalue weighted by Gasteiger charge is 2.17. The number of hydrogen-bond donors (Lipinski definition) is 0. The molecule has 0 bridgehead atoms. The molecule has 0 spiro atoms. The van der Waals surface area contributed by atoms with E-state index in [9.17, 15) is 4.79 Å². The van der Waals surface area contributed by atoms with Gasteiger partial charge < -0.3 is 19.1 Å². The SMILES string of the molecule is CCOc1cc(C(=O)Cl)cc(OCC)c1OCCCN(CC)CC. The van der Waals surface area contributed by atoms with Crippen molar-refractivity contribution >= 4 is 16.8 Å². The topological polar surface area (TPSA) is 48.0 Å². The maximum atomic E-state index is 11.5. The van der Waals surface area contributed by atoms with E-state index in [2.05, 4.69) is 18.7 Å². The summed E-state index contributed by atoms with van der Waals surface area (Å²) in [6.07, 6.45) is 0.898. The zero-order chi connectivity index (χ0) is 17.9. The molecule has 0 N–H and O–H groups in total. The number of benzene rings is 1. The van der Waals surface area contributed by atoms with Gasteiger partial charge in [0.1, 0.15) is 0 Å². The summed E-state index contributed by atoms with van der Waals surface area (Å²) < 4.78 is 17.1. The van der Waals surface area contributed by atoms with Crippen molar-refractivity contribution in [2.45, 2.75) is 34.1 Å². The first-order valence-electron chi connectivity index (χ1n) is 8.55. The summed E-state index contributed by atoms with van der Waals surface area (Å²) in [4.78, 5) is 13.8. The van der Waals surface area contributed by atoms with Gasteiger partial charge in [0.15, 0.2) is 11.5 Å². The summed E-state index contributed by atoms with van der Waals surface area (Å²) in [5.74, 6) is 1.49. The molecule has 136 valence electrons. The molecule has 0 fully saturated rings. The van der Waals surface area contributed by atoms with Gasteiger partial charge in [-0.25, -0.2) is 0 Å². The highest BCUT2D eigenvalue weighted by molar-refractivity contribution is 6.67. The fourth-order valence-corrected chi connectivity index (χ4v) is 2.47. The monoisotopic (exact) mass is 357 g/mol. The Morgan fingerprint density at radius 3 is 1.96 bits per heavy atom. The molecule has 0 radical (unpaired) electrons. The number of halogens is 1. The molecule has 0 atom stereocenters. The van der Waals surface area contributed by atoms with Gasteiger partial charge in [-0.3, -0.25) is 4.79 Å². The largest absolute Gasteiger partial charge is 0.490 e. The van der Waals surface area contributed by atoms with Crippen molar-refractivity contribution in [2.75, 3.05) is 39.5 Å². The minimum Gasteiger partial charge on any atom is -0.490 e. The summed E-state index contributed by atoms with van der Waals surface area (Å²) in [6, 6.07) is 3.20. The molecular weight excluding hydrogens is 330 g/mol. The van der Waals surface area contributed by atoms with Gasteiger partial charge in [-0.1, -0.05) is 13.8 Å². The molecular formula is C18H28ClNO4. The van der Waals surface area contributed by atoms with E-state index in [4.69, 9.17) is 25.8 Å². The Hall–Kier alpha value is -1.46. The second-order valence-corrected chi connectivity index (χ2v) is 5.51. The predicted octanol–water partition coefficient (Wildman–Crippen LogP) is 3.97. The molecule has 0 aromatic heterocycles. The summed E-state index contributed by atoms with van der Waals surface area (Å²) >= 11 is 5.60. The van der Waals surface area contributed by atoms with E-state index in [-0.39, 0.29) is 0 Å². The van der Waals surface area contributed by atoms with Crippen molar-refractivity contribution in [2.24, 2.45) is 0 Å².